The maximum absolute atomic E-state index is 14.6. The van der Waals surface area contributed by atoms with Crippen molar-refractivity contribution in [1.29, 1.82) is 0 Å². The number of anilines is 1. The van der Waals surface area contributed by atoms with E-state index in [1.807, 2.05) is 0 Å². The van der Waals surface area contributed by atoms with Gasteiger partial charge in [0.1, 0.15) is 11.4 Å². The molecule has 0 radical (unpaired) electrons. The molecule has 2 heterocycles. The van der Waals surface area contributed by atoms with Crippen LogP contribution in [0.3, 0.4) is 0 Å². The number of methoxy groups -OCH3 is 1. The van der Waals surface area contributed by atoms with E-state index >= 15 is 0 Å². The number of benzene rings is 2. The smallest absolute Gasteiger partial charge is 0.372 e. The van der Waals surface area contributed by atoms with E-state index in [9.17, 15) is 26.6 Å². The molecule has 2 unspecified atom stereocenters. The van der Waals surface area contributed by atoms with Crippen molar-refractivity contribution in [1.82, 2.24) is 4.90 Å². The number of hydrogen-bond acceptors (Lipinski definition) is 4. The van der Waals surface area contributed by atoms with Gasteiger partial charge in [0.25, 0.3) is 0 Å². The molecule has 2 aromatic rings. The number of halogens is 4. The number of fused-ring (bicyclic) bond motifs is 1. The SMILES string of the molecule is COC1(c2cc(F)cc(S(=O)c3ccc4c(c3)CCC(=O)N4C)c2)CCN(CC(F)(F)F)C1. The van der Waals surface area contributed by atoms with Crippen LogP contribution in [0.2, 0.25) is 0 Å². The van der Waals surface area contributed by atoms with Gasteiger partial charge in [-0.15, -0.1) is 0 Å². The predicted molar refractivity (Wildman–Crippen MR) is 115 cm³/mol. The second-order valence-corrected chi connectivity index (χ2v) is 9.94. The number of nitrogens with zero attached hydrogens (tertiary/aromatic N) is 2. The van der Waals surface area contributed by atoms with Crippen LogP contribution >= 0.6 is 0 Å². The number of carbonyl (C=O) groups excluding carboxylic acids is 1. The van der Waals surface area contributed by atoms with Gasteiger partial charge in [0.05, 0.1) is 17.3 Å². The number of alkyl halides is 3. The molecular formula is C23H24F4N2O3S. The molecule has 1 amide bonds. The summed E-state index contributed by atoms with van der Waals surface area (Å²) in [5.74, 6) is -0.628. The van der Waals surface area contributed by atoms with Gasteiger partial charge in [-0.3, -0.25) is 9.69 Å². The number of hydrogen-bond donors (Lipinski definition) is 0. The Morgan fingerprint density at radius 1 is 1.12 bits per heavy atom. The van der Waals surface area contributed by atoms with Crippen molar-refractivity contribution in [2.75, 3.05) is 38.7 Å². The average Bonchev–Trinajstić information content (AvgIpc) is 3.17. The zero-order chi connectivity index (χ0) is 24.0. The van der Waals surface area contributed by atoms with Crippen LogP contribution in [-0.4, -0.2) is 55.0 Å². The van der Waals surface area contributed by atoms with Crippen LogP contribution in [0.15, 0.2) is 46.2 Å². The Bertz CT molecular complexity index is 1110. The number of carbonyl (C=O) groups is 1. The van der Waals surface area contributed by atoms with Crippen molar-refractivity contribution in [3.05, 3.63) is 53.3 Å². The Labute approximate surface area is 191 Å². The lowest BCUT2D eigenvalue weighted by Gasteiger charge is -2.29. The highest BCUT2D eigenvalue weighted by Crippen LogP contribution is 2.38. The highest BCUT2D eigenvalue weighted by Gasteiger charge is 2.44. The van der Waals surface area contributed by atoms with E-state index in [1.54, 1.807) is 36.2 Å². The van der Waals surface area contributed by atoms with E-state index in [0.29, 0.717) is 23.3 Å². The van der Waals surface area contributed by atoms with Crippen molar-refractivity contribution >= 4 is 22.4 Å². The monoisotopic (exact) mass is 484 g/mol. The van der Waals surface area contributed by atoms with Gasteiger partial charge in [0, 0.05) is 49.1 Å². The van der Waals surface area contributed by atoms with Crippen molar-refractivity contribution in [2.45, 2.75) is 40.8 Å². The Hall–Kier alpha value is -2.30. The number of rotatable bonds is 5. The number of amides is 1. The molecule has 33 heavy (non-hydrogen) atoms. The van der Waals surface area contributed by atoms with Crippen LogP contribution < -0.4 is 4.90 Å². The van der Waals surface area contributed by atoms with Gasteiger partial charge in [0.15, 0.2) is 0 Å². The summed E-state index contributed by atoms with van der Waals surface area (Å²) < 4.78 is 72.0. The van der Waals surface area contributed by atoms with E-state index in [-0.39, 0.29) is 30.3 Å². The van der Waals surface area contributed by atoms with Crippen LogP contribution in [0, 0.1) is 5.82 Å². The maximum atomic E-state index is 14.6. The first-order valence-corrected chi connectivity index (χ1v) is 11.6. The van der Waals surface area contributed by atoms with E-state index in [4.69, 9.17) is 4.74 Å². The van der Waals surface area contributed by atoms with Crippen molar-refractivity contribution in [3.8, 4) is 0 Å². The molecule has 2 aliphatic rings. The highest BCUT2D eigenvalue weighted by molar-refractivity contribution is 7.85. The molecule has 0 saturated carbocycles. The molecule has 2 aromatic carbocycles. The summed E-state index contributed by atoms with van der Waals surface area (Å²) in [5.41, 5.74) is 0.874. The topological polar surface area (TPSA) is 49.9 Å². The number of likely N-dealkylation sites (tertiary alicyclic amines) is 1. The maximum Gasteiger partial charge on any atom is 0.401 e. The zero-order valence-corrected chi connectivity index (χ0v) is 19.1. The van der Waals surface area contributed by atoms with Crippen LogP contribution in [0.1, 0.15) is 24.0 Å². The third-order valence-electron chi connectivity index (χ3n) is 6.32. The molecular weight excluding hydrogens is 460 g/mol. The standard InChI is InChI=1S/C23H24F4N2O3S/c1-28-20-5-4-18(9-15(20)3-6-21(28)30)33(31)19-11-16(10-17(24)12-19)22(32-2)7-8-29(13-22)14-23(25,26)27/h4-5,9-12H,3,6-8,13-14H2,1-2H3. The Morgan fingerprint density at radius 2 is 1.88 bits per heavy atom. The van der Waals surface area contributed by atoms with Gasteiger partial charge in [-0.05, 0) is 60.4 Å². The quantitative estimate of drug-likeness (QED) is 0.602. The van der Waals surface area contributed by atoms with Gasteiger partial charge in [-0.2, -0.15) is 13.2 Å². The summed E-state index contributed by atoms with van der Waals surface area (Å²) in [7, 11) is 1.35. The van der Waals surface area contributed by atoms with Crippen LogP contribution in [0.5, 0.6) is 0 Å². The minimum Gasteiger partial charge on any atom is -0.372 e. The van der Waals surface area contributed by atoms with Gasteiger partial charge in [-0.25, -0.2) is 8.60 Å². The van der Waals surface area contributed by atoms with Crippen molar-refractivity contribution < 1.29 is 31.3 Å². The normalized spacial score (nSPS) is 22.5. The highest BCUT2D eigenvalue weighted by atomic mass is 32.2. The number of aryl methyl sites for hydroxylation is 1. The van der Waals surface area contributed by atoms with E-state index in [2.05, 4.69) is 0 Å². The molecule has 5 nitrogen and oxygen atoms in total. The lowest BCUT2D eigenvalue weighted by molar-refractivity contribution is -0.146. The summed E-state index contributed by atoms with van der Waals surface area (Å²) >= 11 is 0. The molecule has 0 N–H and O–H groups in total. The molecule has 0 bridgehead atoms. The minimum absolute atomic E-state index is 0.00661. The third kappa shape index (κ3) is 4.83. The molecule has 4 rings (SSSR count). The fourth-order valence-electron chi connectivity index (χ4n) is 4.58. The summed E-state index contributed by atoms with van der Waals surface area (Å²) in [4.78, 5) is 15.4. The molecule has 1 fully saturated rings. The Balaban J connectivity index is 1.64. The summed E-state index contributed by atoms with van der Waals surface area (Å²) in [5, 5.41) is 0. The minimum atomic E-state index is -4.34. The van der Waals surface area contributed by atoms with Gasteiger partial charge >= 0.3 is 6.18 Å². The Morgan fingerprint density at radius 3 is 2.58 bits per heavy atom. The van der Waals surface area contributed by atoms with Gasteiger partial charge in [-0.1, -0.05) is 0 Å². The zero-order valence-electron chi connectivity index (χ0n) is 18.2. The van der Waals surface area contributed by atoms with Crippen molar-refractivity contribution in [2.24, 2.45) is 0 Å². The molecule has 0 aromatic heterocycles. The number of ether oxygens (including phenoxy) is 1. The van der Waals surface area contributed by atoms with Crippen LogP contribution in [-0.2, 0) is 32.4 Å². The second-order valence-electron chi connectivity index (χ2n) is 8.46. The summed E-state index contributed by atoms with van der Waals surface area (Å²) in [6.07, 6.45) is -3.20. The first-order valence-electron chi connectivity index (χ1n) is 10.5. The van der Waals surface area contributed by atoms with Crippen molar-refractivity contribution in [3.63, 3.8) is 0 Å². The summed E-state index contributed by atoms with van der Waals surface area (Å²) in [6.45, 7) is -0.963. The molecule has 0 spiro atoms. The molecule has 178 valence electrons. The lowest BCUT2D eigenvalue weighted by atomic mass is 9.92. The summed E-state index contributed by atoms with van der Waals surface area (Å²) in [6, 6.07) is 9.07. The lowest BCUT2D eigenvalue weighted by Crippen LogP contribution is -2.37. The predicted octanol–water partition coefficient (Wildman–Crippen LogP) is 4.01. The largest absolute Gasteiger partial charge is 0.401 e. The van der Waals surface area contributed by atoms with Crippen LogP contribution in [0.4, 0.5) is 23.2 Å². The Kier molecular flexibility index (Phi) is 6.36. The fraction of sp³-hybridized carbons (Fsp3) is 0.435. The van der Waals surface area contributed by atoms with Crippen LogP contribution in [0.25, 0.3) is 0 Å². The fourth-order valence-corrected chi connectivity index (χ4v) is 5.75. The second kappa shape index (κ2) is 8.81. The van der Waals surface area contributed by atoms with Gasteiger partial charge in [0.2, 0.25) is 5.91 Å². The first kappa shape index (κ1) is 23.8. The van der Waals surface area contributed by atoms with E-state index in [0.717, 1.165) is 11.3 Å². The molecule has 2 atom stereocenters. The van der Waals surface area contributed by atoms with Gasteiger partial charge < -0.3 is 9.64 Å². The first-order chi connectivity index (χ1) is 15.5. The van der Waals surface area contributed by atoms with E-state index < -0.39 is 34.9 Å². The average molecular weight is 485 g/mol. The molecule has 10 heteroatoms. The molecule has 2 aliphatic heterocycles. The molecule has 0 aliphatic carbocycles. The van der Waals surface area contributed by atoms with E-state index in [1.165, 1.54) is 24.1 Å². The third-order valence-corrected chi connectivity index (χ3v) is 7.67. The molecule has 1 saturated heterocycles.